The van der Waals surface area contributed by atoms with Crippen molar-refractivity contribution in [2.75, 3.05) is 34.0 Å². The summed E-state index contributed by atoms with van der Waals surface area (Å²) >= 11 is 0. The summed E-state index contributed by atoms with van der Waals surface area (Å²) in [7, 11) is 3.04. The number of carbonyl (C=O) groups excluding carboxylic acids is 2. The number of para-hydroxylation sites is 3. The van der Waals surface area contributed by atoms with Crippen LogP contribution in [0.2, 0.25) is 0 Å². The average molecular weight is 524 g/mol. The summed E-state index contributed by atoms with van der Waals surface area (Å²) in [5, 5.41) is 2.72. The summed E-state index contributed by atoms with van der Waals surface area (Å²) < 4.78 is 39.0. The summed E-state index contributed by atoms with van der Waals surface area (Å²) in [6.07, 6.45) is -2.63. The molecule has 0 aromatic heterocycles. The monoisotopic (exact) mass is 523 g/mol. The Balaban J connectivity index is 1.42. The van der Waals surface area contributed by atoms with Crippen molar-refractivity contribution >= 4 is 11.9 Å². The molecule has 0 spiro atoms. The zero-order chi connectivity index (χ0) is 26.9. The number of esters is 1. The highest BCUT2D eigenvalue weighted by molar-refractivity contribution is 5.90. The second kappa shape index (κ2) is 12.6. The predicted molar refractivity (Wildman–Crippen MR) is 137 cm³/mol. The molecule has 0 radical (unpaired) electrons. The standard InChI is InChI=1S/C28H29NO9/c1-4-34-18-12-14-19(15-13-18)36-28(31)26-25(37-20-8-5-6-9-21(20)38-26)27(30)29-16-17-35-24-22(32-2)10-7-11-23(24)33-3/h5-15,25-26H,4,16-17H2,1-3H3,(H,29,30)/t25-,26-/m0/s1. The van der Waals surface area contributed by atoms with Gasteiger partial charge in [-0.3, -0.25) is 4.79 Å². The number of methoxy groups -OCH3 is 2. The zero-order valence-electron chi connectivity index (χ0n) is 21.3. The van der Waals surface area contributed by atoms with Gasteiger partial charge in [-0.15, -0.1) is 0 Å². The molecule has 1 aliphatic heterocycles. The van der Waals surface area contributed by atoms with Gasteiger partial charge in [0.2, 0.25) is 18.0 Å². The molecule has 0 fully saturated rings. The second-order valence-electron chi connectivity index (χ2n) is 7.98. The van der Waals surface area contributed by atoms with Crippen LogP contribution in [0.5, 0.6) is 40.2 Å². The fraction of sp³-hybridized carbons (Fsp3) is 0.286. The molecule has 38 heavy (non-hydrogen) atoms. The second-order valence-corrected chi connectivity index (χ2v) is 7.98. The van der Waals surface area contributed by atoms with Crippen molar-refractivity contribution in [3.05, 3.63) is 66.7 Å². The maximum atomic E-state index is 13.1. The molecule has 2 atom stereocenters. The Hall–Kier alpha value is -4.60. The average Bonchev–Trinajstić information content (AvgIpc) is 2.95. The normalized spacial score (nSPS) is 15.7. The number of benzene rings is 3. The maximum absolute atomic E-state index is 13.1. The molecule has 1 amide bonds. The lowest BCUT2D eigenvalue weighted by atomic mass is 10.1. The van der Waals surface area contributed by atoms with Crippen molar-refractivity contribution in [3.63, 3.8) is 0 Å². The Morgan fingerprint density at radius 2 is 1.39 bits per heavy atom. The van der Waals surface area contributed by atoms with E-state index in [9.17, 15) is 9.59 Å². The van der Waals surface area contributed by atoms with E-state index in [-0.39, 0.29) is 18.9 Å². The lowest BCUT2D eigenvalue weighted by molar-refractivity contribution is -0.154. The van der Waals surface area contributed by atoms with Crippen molar-refractivity contribution in [3.8, 4) is 40.2 Å². The minimum atomic E-state index is -1.34. The fourth-order valence-electron chi connectivity index (χ4n) is 3.74. The molecule has 10 nitrogen and oxygen atoms in total. The molecule has 1 heterocycles. The van der Waals surface area contributed by atoms with Crippen molar-refractivity contribution in [2.24, 2.45) is 0 Å². The molecule has 3 aromatic rings. The first-order valence-corrected chi connectivity index (χ1v) is 12.0. The highest BCUT2D eigenvalue weighted by atomic mass is 16.6. The highest BCUT2D eigenvalue weighted by Crippen LogP contribution is 2.37. The number of hydrogen-bond acceptors (Lipinski definition) is 9. The van der Waals surface area contributed by atoms with Crippen LogP contribution in [0.1, 0.15) is 6.92 Å². The molecule has 3 aromatic carbocycles. The predicted octanol–water partition coefficient (Wildman–Crippen LogP) is 3.41. The number of nitrogens with one attached hydrogen (secondary N) is 1. The first-order valence-electron chi connectivity index (χ1n) is 12.0. The third-order valence-corrected chi connectivity index (χ3v) is 5.51. The van der Waals surface area contributed by atoms with Crippen LogP contribution in [0.25, 0.3) is 0 Å². The molecular weight excluding hydrogens is 494 g/mol. The lowest BCUT2D eigenvalue weighted by Crippen LogP contribution is -2.55. The molecule has 0 saturated carbocycles. The topological polar surface area (TPSA) is 111 Å². The SMILES string of the molecule is CCOc1ccc(OC(=O)[C@H]2Oc3ccccc3O[C@@H]2C(=O)NCCOc2c(OC)cccc2OC)cc1. The Morgan fingerprint density at radius 1 is 0.789 bits per heavy atom. The molecule has 0 unspecified atom stereocenters. The van der Waals surface area contributed by atoms with Crippen molar-refractivity contribution in [2.45, 2.75) is 19.1 Å². The number of hydrogen-bond donors (Lipinski definition) is 1. The van der Waals surface area contributed by atoms with E-state index >= 15 is 0 Å². The Labute approximate surface area is 220 Å². The summed E-state index contributed by atoms with van der Waals surface area (Å²) in [4.78, 5) is 26.2. The number of fused-ring (bicyclic) bond motifs is 1. The van der Waals surface area contributed by atoms with Gasteiger partial charge in [0.1, 0.15) is 18.1 Å². The molecule has 10 heteroatoms. The van der Waals surface area contributed by atoms with E-state index in [1.807, 2.05) is 6.92 Å². The van der Waals surface area contributed by atoms with Crippen molar-refractivity contribution < 1.29 is 42.7 Å². The van der Waals surface area contributed by atoms with Gasteiger partial charge in [0.05, 0.1) is 27.4 Å². The summed E-state index contributed by atoms with van der Waals surface area (Å²) in [6.45, 7) is 2.61. The van der Waals surface area contributed by atoms with Gasteiger partial charge in [-0.1, -0.05) is 18.2 Å². The summed E-state index contributed by atoms with van der Waals surface area (Å²) in [5.41, 5.74) is 0. The molecule has 1 aliphatic rings. The molecule has 1 N–H and O–H groups in total. The van der Waals surface area contributed by atoms with E-state index in [1.54, 1.807) is 66.7 Å². The quantitative estimate of drug-likeness (QED) is 0.230. The minimum absolute atomic E-state index is 0.105. The summed E-state index contributed by atoms with van der Waals surface area (Å²) in [5.74, 6) is 1.64. The van der Waals surface area contributed by atoms with E-state index in [4.69, 9.17) is 33.2 Å². The van der Waals surface area contributed by atoms with Gasteiger partial charge in [-0.25, -0.2) is 4.79 Å². The van der Waals surface area contributed by atoms with E-state index in [0.717, 1.165) is 0 Å². The van der Waals surface area contributed by atoms with Gasteiger partial charge in [0.15, 0.2) is 23.0 Å². The van der Waals surface area contributed by atoms with Gasteiger partial charge in [0, 0.05) is 0 Å². The Kier molecular flexibility index (Phi) is 8.76. The number of amides is 1. The van der Waals surface area contributed by atoms with Crippen LogP contribution < -0.4 is 38.5 Å². The van der Waals surface area contributed by atoms with Gasteiger partial charge in [0.25, 0.3) is 5.91 Å². The van der Waals surface area contributed by atoms with Crippen molar-refractivity contribution in [1.29, 1.82) is 0 Å². The van der Waals surface area contributed by atoms with Crippen LogP contribution in [0, 0.1) is 0 Å². The van der Waals surface area contributed by atoms with Crippen LogP contribution in [0.15, 0.2) is 66.7 Å². The van der Waals surface area contributed by atoms with Gasteiger partial charge < -0.3 is 38.5 Å². The smallest absolute Gasteiger partial charge is 0.357 e. The molecule has 0 bridgehead atoms. The van der Waals surface area contributed by atoms with E-state index in [1.165, 1.54) is 14.2 Å². The van der Waals surface area contributed by atoms with E-state index < -0.39 is 24.1 Å². The minimum Gasteiger partial charge on any atom is -0.494 e. The third-order valence-electron chi connectivity index (χ3n) is 5.51. The number of rotatable bonds is 11. The Morgan fingerprint density at radius 3 is 2.00 bits per heavy atom. The third kappa shape index (κ3) is 6.20. The van der Waals surface area contributed by atoms with Crippen LogP contribution in [0.3, 0.4) is 0 Å². The van der Waals surface area contributed by atoms with E-state index in [0.29, 0.717) is 41.1 Å². The molecular formula is C28H29NO9. The van der Waals surface area contributed by atoms with E-state index in [2.05, 4.69) is 5.32 Å². The molecule has 0 aliphatic carbocycles. The first kappa shape index (κ1) is 26.5. The highest BCUT2D eigenvalue weighted by Gasteiger charge is 2.43. The zero-order valence-corrected chi connectivity index (χ0v) is 21.3. The summed E-state index contributed by atoms with van der Waals surface area (Å²) in [6, 6.07) is 18.6. The van der Waals surface area contributed by atoms with Crippen LogP contribution in [-0.2, 0) is 9.59 Å². The molecule has 200 valence electrons. The fourth-order valence-corrected chi connectivity index (χ4v) is 3.74. The number of ether oxygens (including phenoxy) is 7. The largest absolute Gasteiger partial charge is 0.494 e. The van der Waals surface area contributed by atoms with Gasteiger partial charge >= 0.3 is 5.97 Å². The van der Waals surface area contributed by atoms with Crippen LogP contribution in [0.4, 0.5) is 0 Å². The van der Waals surface area contributed by atoms with Crippen LogP contribution in [-0.4, -0.2) is 58.1 Å². The maximum Gasteiger partial charge on any atom is 0.357 e. The molecule has 4 rings (SSSR count). The Bertz CT molecular complexity index is 1220. The van der Waals surface area contributed by atoms with Crippen molar-refractivity contribution in [1.82, 2.24) is 5.32 Å². The lowest BCUT2D eigenvalue weighted by Gasteiger charge is -2.31. The number of carbonyl (C=O) groups is 2. The molecule has 0 saturated heterocycles. The van der Waals surface area contributed by atoms with Gasteiger partial charge in [-0.05, 0) is 55.5 Å². The first-order chi connectivity index (χ1) is 18.5. The van der Waals surface area contributed by atoms with Crippen LogP contribution >= 0.6 is 0 Å². The van der Waals surface area contributed by atoms with Gasteiger partial charge in [-0.2, -0.15) is 0 Å².